The van der Waals surface area contributed by atoms with Crippen LogP contribution in [-0.4, -0.2) is 11.3 Å². The number of nitrogens with zero attached hydrogens (tertiary/aromatic N) is 1. The van der Waals surface area contributed by atoms with E-state index in [2.05, 4.69) is 4.36 Å². The number of hydrogen-bond acceptors (Lipinski definition) is 2. The van der Waals surface area contributed by atoms with E-state index in [0.29, 0.717) is 4.90 Å². The van der Waals surface area contributed by atoms with Gasteiger partial charge in [0.1, 0.15) is 9.92 Å². The predicted octanol–water partition coefficient (Wildman–Crippen LogP) is 1.02. The molecule has 0 spiro atoms. The Morgan fingerprint density at radius 1 is 1.36 bits per heavy atom. The fraction of sp³-hybridized carbons (Fsp3) is 0.143. The molecule has 0 saturated heterocycles. The van der Waals surface area contributed by atoms with E-state index in [9.17, 15) is 4.21 Å². The van der Waals surface area contributed by atoms with Crippen molar-refractivity contribution < 1.29 is 4.21 Å². The monoisotopic (exact) mass is 170 g/mol. The Kier molecular flexibility index (Phi) is 2.26. The summed E-state index contributed by atoms with van der Waals surface area (Å²) in [6, 6.07) is 8.82. The van der Waals surface area contributed by atoms with E-state index in [-0.39, 0.29) is 0 Å². The van der Waals surface area contributed by atoms with Gasteiger partial charge in [-0.25, -0.2) is 13.7 Å². The Morgan fingerprint density at radius 3 is 2.36 bits per heavy atom. The molecule has 1 rings (SSSR count). The molecule has 4 heteroatoms. The third kappa shape index (κ3) is 1.78. The van der Waals surface area contributed by atoms with Crippen molar-refractivity contribution in [3.63, 3.8) is 0 Å². The minimum absolute atomic E-state index is 0.572. The summed E-state index contributed by atoms with van der Waals surface area (Å²) in [6.45, 7) is 0. The maximum atomic E-state index is 11.4. The Hall–Kier alpha value is -0.870. The van der Waals surface area contributed by atoms with Gasteiger partial charge in [-0.15, -0.1) is 0 Å². The summed E-state index contributed by atoms with van der Waals surface area (Å²) in [5.41, 5.74) is 0. The second-order valence-electron chi connectivity index (χ2n) is 2.06. The molecule has 1 atom stereocenters. The standard InChI is InChI=1S/C7H10N2OS/c1-9-11(8,10)7-5-3-2-4-6-7/h2-6H,1H3,(H2,8,9,10). The Morgan fingerprint density at radius 2 is 1.91 bits per heavy atom. The van der Waals surface area contributed by atoms with Gasteiger partial charge in [0.2, 0.25) is 0 Å². The van der Waals surface area contributed by atoms with Gasteiger partial charge in [-0.05, 0) is 12.1 Å². The van der Waals surface area contributed by atoms with Crippen LogP contribution in [0, 0.1) is 0 Å². The van der Waals surface area contributed by atoms with Gasteiger partial charge in [0.05, 0.1) is 4.90 Å². The number of benzene rings is 1. The Balaban J connectivity index is 3.25. The van der Waals surface area contributed by atoms with Gasteiger partial charge in [-0.3, -0.25) is 0 Å². The summed E-state index contributed by atoms with van der Waals surface area (Å²) in [7, 11) is -1.17. The van der Waals surface area contributed by atoms with Crippen LogP contribution in [0.4, 0.5) is 0 Å². The van der Waals surface area contributed by atoms with E-state index in [4.69, 9.17) is 5.14 Å². The smallest absolute Gasteiger partial charge is 0.134 e. The minimum atomic E-state index is -2.62. The molecule has 0 saturated carbocycles. The molecule has 1 aromatic rings. The van der Waals surface area contributed by atoms with E-state index in [0.717, 1.165) is 0 Å². The van der Waals surface area contributed by atoms with Crippen LogP contribution >= 0.6 is 0 Å². The van der Waals surface area contributed by atoms with Gasteiger partial charge >= 0.3 is 0 Å². The molecule has 0 aromatic heterocycles. The first kappa shape index (κ1) is 8.23. The minimum Gasteiger partial charge on any atom is -0.241 e. The van der Waals surface area contributed by atoms with Gasteiger partial charge in [0.25, 0.3) is 0 Å². The molecule has 0 aliphatic rings. The third-order valence-corrected chi connectivity index (χ3v) is 2.84. The van der Waals surface area contributed by atoms with Crippen molar-refractivity contribution in [1.82, 2.24) is 0 Å². The highest BCUT2D eigenvalue weighted by Gasteiger charge is 2.01. The molecule has 3 nitrogen and oxygen atoms in total. The lowest BCUT2D eigenvalue weighted by Gasteiger charge is -2.00. The molecule has 0 radical (unpaired) electrons. The molecule has 0 heterocycles. The SMILES string of the molecule is CN=S(N)(=O)c1ccccc1. The Bertz CT molecular complexity index is 339. The first-order valence-corrected chi connectivity index (χ1v) is 4.73. The van der Waals surface area contributed by atoms with Gasteiger partial charge in [0, 0.05) is 7.05 Å². The predicted molar refractivity (Wildman–Crippen MR) is 45.4 cm³/mol. The molecular formula is C7H10N2OS. The van der Waals surface area contributed by atoms with Crippen LogP contribution in [0.3, 0.4) is 0 Å². The highest BCUT2D eigenvalue weighted by molar-refractivity contribution is 7.91. The average molecular weight is 170 g/mol. The molecule has 0 amide bonds. The van der Waals surface area contributed by atoms with E-state index in [1.165, 1.54) is 7.05 Å². The van der Waals surface area contributed by atoms with Crippen LogP contribution in [-0.2, 0) is 9.92 Å². The van der Waals surface area contributed by atoms with Crippen molar-refractivity contribution in [3.8, 4) is 0 Å². The van der Waals surface area contributed by atoms with Gasteiger partial charge in [-0.2, -0.15) is 0 Å². The maximum absolute atomic E-state index is 11.4. The van der Waals surface area contributed by atoms with Crippen LogP contribution < -0.4 is 5.14 Å². The summed E-state index contributed by atoms with van der Waals surface area (Å²) < 4.78 is 15.0. The van der Waals surface area contributed by atoms with Crippen LogP contribution in [0.15, 0.2) is 39.6 Å². The average Bonchev–Trinajstić information content (AvgIpc) is 2.06. The zero-order chi connectivity index (χ0) is 8.32. The summed E-state index contributed by atoms with van der Waals surface area (Å²) >= 11 is 0. The first-order chi connectivity index (χ1) is 5.17. The molecule has 1 unspecified atom stereocenters. The number of hydrogen-bond donors (Lipinski definition) is 1. The van der Waals surface area contributed by atoms with Crippen molar-refractivity contribution in [2.24, 2.45) is 9.50 Å². The summed E-state index contributed by atoms with van der Waals surface area (Å²) in [6.07, 6.45) is 0. The summed E-state index contributed by atoms with van der Waals surface area (Å²) in [5.74, 6) is 0. The lowest BCUT2D eigenvalue weighted by Crippen LogP contribution is -2.11. The van der Waals surface area contributed by atoms with Crippen molar-refractivity contribution in [3.05, 3.63) is 30.3 Å². The summed E-state index contributed by atoms with van der Waals surface area (Å²) in [5, 5.41) is 5.40. The zero-order valence-electron chi connectivity index (χ0n) is 6.23. The lowest BCUT2D eigenvalue weighted by atomic mass is 10.4. The van der Waals surface area contributed by atoms with E-state index in [1.807, 2.05) is 6.07 Å². The van der Waals surface area contributed by atoms with Gasteiger partial charge < -0.3 is 0 Å². The zero-order valence-corrected chi connectivity index (χ0v) is 7.04. The molecular weight excluding hydrogens is 160 g/mol. The van der Waals surface area contributed by atoms with Gasteiger partial charge in [0.15, 0.2) is 0 Å². The highest BCUT2D eigenvalue weighted by atomic mass is 32.2. The molecule has 1 aromatic carbocycles. The van der Waals surface area contributed by atoms with Crippen LogP contribution in [0.2, 0.25) is 0 Å². The molecule has 0 bridgehead atoms. The highest BCUT2D eigenvalue weighted by Crippen LogP contribution is 2.06. The second kappa shape index (κ2) is 3.02. The molecule has 0 aliphatic carbocycles. The van der Waals surface area contributed by atoms with E-state index >= 15 is 0 Å². The largest absolute Gasteiger partial charge is 0.241 e. The van der Waals surface area contributed by atoms with E-state index < -0.39 is 9.92 Å². The molecule has 2 N–H and O–H groups in total. The van der Waals surface area contributed by atoms with Gasteiger partial charge in [-0.1, -0.05) is 18.2 Å². The van der Waals surface area contributed by atoms with E-state index in [1.54, 1.807) is 24.3 Å². The molecule has 0 fully saturated rings. The number of nitrogens with two attached hydrogens (primary N) is 1. The fourth-order valence-electron chi connectivity index (χ4n) is 0.721. The quantitative estimate of drug-likeness (QED) is 0.672. The van der Waals surface area contributed by atoms with Crippen LogP contribution in [0.1, 0.15) is 0 Å². The van der Waals surface area contributed by atoms with Crippen molar-refractivity contribution in [2.75, 3.05) is 7.05 Å². The first-order valence-electron chi connectivity index (χ1n) is 3.15. The van der Waals surface area contributed by atoms with Crippen LogP contribution in [0.5, 0.6) is 0 Å². The summed E-state index contributed by atoms with van der Waals surface area (Å²) in [4.78, 5) is 0.572. The van der Waals surface area contributed by atoms with Crippen molar-refractivity contribution in [2.45, 2.75) is 4.90 Å². The molecule has 11 heavy (non-hydrogen) atoms. The van der Waals surface area contributed by atoms with Crippen molar-refractivity contribution >= 4 is 9.92 Å². The third-order valence-electron chi connectivity index (χ3n) is 1.35. The maximum Gasteiger partial charge on any atom is 0.134 e. The second-order valence-corrected chi connectivity index (χ2v) is 4.04. The fourth-order valence-corrected chi connectivity index (χ4v) is 1.48. The number of rotatable bonds is 1. The topological polar surface area (TPSA) is 55.4 Å². The van der Waals surface area contributed by atoms with Crippen LogP contribution in [0.25, 0.3) is 0 Å². The lowest BCUT2D eigenvalue weighted by molar-refractivity contribution is 0.677. The Labute approximate surface area is 66.6 Å². The van der Waals surface area contributed by atoms with Crippen molar-refractivity contribution in [1.29, 1.82) is 0 Å². The molecule has 0 aliphatic heterocycles. The molecule has 60 valence electrons. The normalized spacial score (nSPS) is 15.5.